The summed E-state index contributed by atoms with van der Waals surface area (Å²) in [4.78, 5) is 33.7. The van der Waals surface area contributed by atoms with Gasteiger partial charge in [0.2, 0.25) is 0 Å². The number of nitrogen functional groups attached to an aromatic ring is 1. The predicted octanol–water partition coefficient (Wildman–Crippen LogP) is 4.67. The largest absolute Gasteiger partial charge is 0.382 e. The topological polar surface area (TPSA) is 116 Å². The Labute approximate surface area is 211 Å². The van der Waals surface area contributed by atoms with Crippen LogP contribution in [0, 0.1) is 0 Å². The minimum atomic E-state index is -0.223. The highest BCUT2D eigenvalue weighted by atomic mass is 35.5. The molecule has 3 heterocycles. The Morgan fingerprint density at radius 2 is 1.49 bits per heavy atom. The Bertz CT molecular complexity index is 1460. The van der Waals surface area contributed by atoms with Gasteiger partial charge in [-0.25, -0.2) is 24.9 Å². The Kier molecular flexibility index (Phi) is 7.19. The van der Waals surface area contributed by atoms with Gasteiger partial charge in [0.15, 0.2) is 21.8 Å². The van der Waals surface area contributed by atoms with Crippen LogP contribution >= 0.6 is 23.2 Å². The fourth-order valence-corrected chi connectivity index (χ4v) is 3.92. The Morgan fingerprint density at radius 1 is 0.886 bits per heavy atom. The van der Waals surface area contributed by atoms with Gasteiger partial charge in [-0.15, -0.1) is 0 Å². The number of rotatable bonds is 3. The number of carbonyl (C=O) groups excluding carboxylic acids is 1. The van der Waals surface area contributed by atoms with Crippen molar-refractivity contribution in [2.75, 3.05) is 17.7 Å². The molecular formula is C24H20Cl2N8O. The van der Waals surface area contributed by atoms with Gasteiger partial charge < -0.3 is 15.2 Å². The third-order valence-corrected chi connectivity index (χ3v) is 5.68. The fourth-order valence-electron chi connectivity index (χ4n) is 3.40. The summed E-state index contributed by atoms with van der Waals surface area (Å²) in [7, 11) is 3.49. The van der Waals surface area contributed by atoms with Crippen molar-refractivity contribution in [3.05, 3.63) is 89.2 Å². The lowest BCUT2D eigenvalue weighted by atomic mass is 10.2. The van der Waals surface area contributed by atoms with Crippen molar-refractivity contribution in [1.82, 2.24) is 29.5 Å². The van der Waals surface area contributed by atoms with E-state index in [-0.39, 0.29) is 16.9 Å². The quantitative estimate of drug-likeness (QED) is 0.353. The average molecular weight is 507 g/mol. The van der Waals surface area contributed by atoms with Crippen LogP contribution in [0.15, 0.2) is 73.3 Å². The number of aryl methyl sites for hydroxylation is 1. The molecule has 0 aliphatic rings. The van der Waals surface area contributed by atoms with Gasteiger partial charge in [0.1, 0.15) is 29.7 Å². The highest BCUT2D eigenvalue weighted by Gasteiger charge is 2.19. The molecular weight excluding hydrogens is 487 g/mol. The first-order valence-corrected chi connectivity index (χ1v) is 11.1. The maximum atomic E-state index is 12.2. The molecule has 11 heteroatoms. The molecule has 0 bridgehead atoms. The molecule has 0 aliphatic heterocycles. The van der Waals surface area contributed by atoms with Crippen LogP contribution in [0.1, 0.15) is 10.4 Å². The van der Waals surface area contributed by atoms with Gasteiger partial charge in [-0.2, -0.15) is 0 Å². The van der Waals surface area contributed by atoms with Gasteiger partial charge in [-0.3, -0.25) is 4.79 Å². The van der Waals surface area contributed by atoms with Crippen molar-refractivity contribution in [3.63, 3.8) is 0 Å². The van der Waals surface area contributed by atoms with Crippen LogP contribution in [0.3, 0.4) is 0 Å². The highest BCUT2D eigenvalue weighted by Crippen LogP contribution is 2.28. The first-order valence-electron chi connectivity index (χ1n) is 10.4. The number of imidazole rings is 1. The van der Waals surface area contributed by atoms with Crippen molar-refractivity contribution in [2.24, 2.45) is 7.05 Å². The summed E-state index contributed by atoms with van der Waals surface area (Å²) in [5.74, 6) is 0.781. The average Bonchev–Trinajstić information content (AvgIpc) is 3.22. The number of hydrogen-bond acceptors (Lipinski definition) is 7. The summed E-state index contributed by atoms with van der Waals surface area (Å²) >= 11 is 12.0. The molecule has 35 heavy (non-hydrogen) atoms. The summed E-state index contributed by atoms with van der Waals surface area (Å²) in [6.07, 6.45) is 2.68. The van der Waals surface area contributed by atoms with Crippen molar-refractivity contribution >= 4 is 51.8 Å². The third-order valence-electron chi connectivity index (χ3n) is 5.12. The van der Waals surface area contributed by atoms with Gasteiger partial charge in [0.05, 0.1) is 0 Å². The summed E-state index contributed by atoms with van der Waals surface area (Å²) < 4.78 is 1.91. The lowest BCUT2D eigenvalue weighted by Gasteiger charge is -2.19. The van der Waals surface area contributed by atoms with E-state index < -0.39 is 0 Å². The van der Waals surface area contributed by atoms with Gasteiger partial charge in [0, 0.05) is 25.2 Å². The molecule has 0 atom stereocenters. The van der Waals surface area contributed by atoms with E-state index in [1.165, 1.54) is 17.6 Å². The van der Waals surface area contributed by atoms with Crippen LogP contribution in [-0.4, -0.2) is 42.4 Å². The number of carbonyl (C=O) groups is 1. The SMILES string of the molecule is CN(C(=O)c1ccccc1)c1c(N)ncnc1Cl.Cn1c(-c2ccccc2)nc2ncnc(Cl)c21. The van der Waals surface area contributed by atoms with Crippen LogP contribution < -0.4 is 10.6 Å². The van der Waals surface area contributed by atoms with Crippen LogP contribution in [0.2, 0.25) is 10.3 Å². The van der Waals surface area contributed by atoms with Gasteiger partial charge in [-0.1, -0.05) is 71.7 Å². The van der Waals surface area contributed by atoms with E-state index in [2.05, 4.69) is 24.9 Å². The second-order valence-electron chi connectivity index (χ2n) is 7.33. The van der Waals surface area contributed by atoms with E-state index in [1.54, 1.807) is 31.3 Å². The monoisotopic (exact) mass is 506 g/mol. The first-order chi connectivity index (χ1) is 16.9. The second-order valence-corrected chi connectivity index (χ2v) is 8.04. The van der Waals surface area contributed by atoms with E-state index >= 15 is 0 Å². The molecule has 0 unspecified atom stereocenters. The molecule has 5 aromatic rings. The van der Waals surface area contributed by atoms with Gasteiger partial charge >= 0.3 is 0 Å². The molecule has 3 aromatic heterocycles. The smallest absolute Gasteiger partial charge is 0.258 e. The molecule has 176 valence electrons. The second kappa shape index (κ2) is 10.5. The van der Waals surface area contributed by atoms with E-state index in [0.717, 1.165) is 16.9 Å². The maximum Gasteiger partial charge on any atom is 0.258 e. The zero-order valence-corrected chi connectivity index (χ0v) is 20.3. The van der Waals surface area contributed by atoms with Crippen LogP contribution in [0.25, 0.3) is 22.6 Å². The standard InChI is InChI=1S/C12H11ClN4O.C12H9ClN4/c1-17(9-10(13)15-7-16-11(9)14)12(18)8-5-3-2-4-6-8;1-17-9-10(13)14-7-15-11(9)16-12(17)8-5-3-2-4-6-8/h2-7H,1H3,(H2,14,15,16);2-7H,1H3. The lowest BCUT2D eigenvalue weighted by molar-refractivity contribution is 0.0993. The summed E-state index contributed by atoms with van der Waals surface area (Å²) in [6, 6.07) is 18.8. The van der Waals surface area contributed by atoms with Gasteiger partial charge in [0.25, 0.3) is 5.91 Å². The Balaban J connectivity index is 0.000000165. The van der Waals surface area contributed by atoms with Crippen LogP contribution in [0.5, 0.6) is 0 Å². The molecule has 0 aliphatic carbocycles. The molecule has 2 aromatic carbocycles. The minimum absolute atomic E-state index is 0.147. The molecule has 5 rings (SSSR count). The van der Waals surface area contributed by atoms with Crippen LogP contribution in [-0.2, 0) is 7.05 Å². The lowest BCUT2D eigenvalue weighted by Crippen LogP contribution is -2.27. The van der Waals surface area contributed by atoms with Gasteiger partial charge in [-0.05, 0) is 12.1 Å². The molecule has 0 saturated heterocycles. The summed E-state index contributed by atoms with van der Waals surface area (Å²) in [5, 5.41) is 0.571. The Morgan fingerprint density at radius 3 is 2.11 bits per heavy atom. The molecule has 0 saturated carbocycles. The number of amides is 1. The number of anilines is 2. The highest BCUT2D eigenvalue weighted by molar-refractivity contribution is 6.34. The molecule has 2 N–H and O–H groups in total. The van der Waals surface area contributed by atoms with E-state index in [9.17, 15) is 4.79 Å². The van der Waals surface area contributed by atoms with Crippen molar-refractivity contribution in [1.29, 1.82) is 0 Å². The number of fused-ring (bicyclic) bond motifs is 1. The number of benzene rings is 2. The molecule has 0 radical (unpaired) electrons. The zero-order valence-electron chi connectivity index (χ0n) is 18.8. The van der Waals surface area contributed by atoms with Crippen molar-refractivity contribution < 1.29 is 4.79 Å². The Hall–Kier alpha value is -4.08. The maximum absolute atomic E-state index is 12.2. The number of nitrogens with two attached hydrogens (primary N) is 1. The van der Waals surface area contributed by atoms with E-state index in [4.69, 9.17) is 28.9 Å². The van der Waals surface area contributed by atoms with E-state index in [0.29, 0.717) is 22.1 Å². The fraction of sp³-hybridized carbons (Fsp3) is 0.0833. The van der Waals surface area contributed by atoms with Crippen LogP contribution in [0.4, 0.5) is 11.5 Å². The number of halogens is 2. The zero-order chi connectivity index (χ0) is 24.9. The molecule has 9 nitrogen and oxygen atoms in total. The number of nitrogens with zero attached hydrogens (tertiary/aromatic N) is 7. The molecule has 0 fully saturated rings. The minimum Gasteiger partial charge on any atom is -0.382 e. The third kappa shape index (κ3) is 5.06. The number of hydrogen-bond donors (Lipinski definition) is 1. The number of aromatic nitrogens is 6. The van der Waals surface area contributed by atoms with Crippen molar-refractivity contribution in [3.8, 4) is 11.4 Å². The van der Waals surface area contributed by atoms with E-state index in [1.807, 2.05) is 48.0 Å². The summed E-state index contributed by atoms with van der Waals surface area (Å²) in [6.45, 7) is 0. The summed E-state index contributed by atoms with van der Waals surface area (Å²) in [5.41, 5.74) is 8.97. The predicted molar refractivity (Wildman–Crippen MR) is 137 cm³/mol. The molecule has 1 amide bonds. The molecule has 0 spiro atoms. The normalized spacial score (nSPS) is 10.5. The van der Waals surface area contributed by atoms with Crippen molar-refractivity contribution in [2.45, 2.75) is 0 Å². The first kappa shape index (κ1) is 24.1.